The minimum Gasteiger partial charge on any atom is -0.508 e. The second kappa shape index (κ2) is 24.5. The van der Waals surface area contributed by atoms with Gasteiger partial charge in [0.05, 0.1) is 38.2 Å². The summed E-state index contributed by atoms with van der Waals surface area (Å²) in [6.45, 7) is 4.26. The largest absolute Gasteiger partial charge is 0.508 e. The van der Waals surface area contributed by atoms with Gasteiger partial charge >= 0.3 is 0 Å². The number of guanidine groups is 1. The second-order valence-corrected chi connectivity index (χ2v) is 26.2. The van der Waals surface area contributed by atoms with Crippen LogP contribution in [0.2, 0.25) is 0 Å². The molecule has 10 aromatic rings. The summed E-state index contributed by atoms with van der Waals surface area (Å²) in [6.07, 6.45) is 13.6. The van der Waals surface area contributed by atoms with Gasteiger partial charge in [0.15, 0.2) is 22.9 Å². The molecule has 14 nitrogen and oxygen atoms in total. The highest BCUT2D eigenvalue weighted by molar-refractivity contribution is 6.06. The lowest BCUT2D eigenvalue weighted by Gasteiger charge is -2.50. The van der Waals surface area contributed by atoms with E-state index in [2.05, 4.69) is 125 Å². The van der Waals surface area contributed by atoms with Crippen molar-refractivity contribution in [2.75, 3.05) is 51.5 Å². The number of aliphatic hydroxyl groups excluding tert-OH is 2. The summed E-state index contributed by atoms with van der Waals surface area (Å²) in [5.41, 5.74) is 25.6. The molecule has 2 fully saturated rings. The first-order chi connectivity index (χ1) is 45.4. The number of aromatic hydroxyl groups is 1. The lowest BCUT2D eigenvalue weighted by atomic mass is 9.59. The number of nitrogens with zero attached hydrogens (tertiary/aromatic N) is 2. The van der Waals surface area contributed by atoms with E-state index in [1.807, 2.05) is 36.4 Å². The van der Waals surface area contributed by atoms with E-state index in [1.165, 1.54) is 57.0 Å². The Kier molecular flexibility index (Phi) is 15.7. The van der Waals surface area contributed by atoms with E-state index < -0.39 is 17.4 Å². The molecule has 2 spiro atoms. The van der Waals surface area contributed by atoms with E-state index in [1.54, 1.807) is 30.3 Å². The summed E-state index contributed by atoms with van der Waals surface area (Å²) in [4.78, 5) is 26.7. The number of fused-ring (bicyclic) bond motifs is 9. The number of rotatable bonds is 11. The van der Waals surface area contributed by atoms with Crippen molar-refractivity contribution in [2.24, 2.45) is 28.3 Å². The van der Waals surface area contributed by atoms with Crippen molar-refractivity contribution in [2.45, 2.75) is 87.7 Å². The van der Waals surface area contributed by atoms with Crippen molar-refractivity contribution in [3.05, 3.63) is 224 Å². The van der Waals surface area contributed by atoms with Crippen LogP contribution >= 0.6 is 0 Å². The first-order valence-electron chi connectivity index (χ1n) is 32.9. The van der Waals surface area contributed by atoms with Crippen molar-refractivity contribution in [1.82, 2.24) is 10.3 Å². The normalized spacial score (nSPS) is 21.1. The number of aromatic amines is 1. The number of phenolic OH excluding ortho intramolecular Hbond substituents is 1. The highest BCUT2D eigenvalue weighted by Gasteiger charge is 2.61. The van der Waals surface area contributed by atoms with Crippen LogP contribution in [0.25, 0.3) is 67.1 Å². The standard InChI is InChI=1S/C79H78N6O8/c1-3-58-40-64-52-14-9-12-48(36-52)17-29-63-72-70(66(89)41-67(93-72)50-22-27-59(87)28-23-50)74(91-35-31-60(88)26-16-47-10-5-4-6-11-47)75(90-2)73(63)92-45-49(44-86)37-54-21-24-56(39-65(54)84-77(80)81)79(68-43-82-33-34-85(68)76(64)83-58)42-57-25-20-51-18-19-55-38-53-13-7-8-15-61(53)62-30-32-78(57,46-79)71(51)69(55)62/h4-16,18-28,36,38-41,49,57,60,68,82-83,86-88H,3,17,29-35,37,42-46H2,1-2H3,(H4,80,81,84)/b26-16+/t49-,57-,60-,68-,78+,79+/m0/s1. The van der Waals surface area contributed by atoms with E-state index in [4.69, 9.17) is 35.1 Å². The number of phenols is 1. The molecule has 3 aliphatic carbocycles. The van der Waals surface area contributed by atoms with Gasteiger partial charge in [0, 0.05) is 77.9 Å². The SMILES string of the molecule is CCc1cc2c([nH]1)N1CCNC[C@H]1[C@@]1(C[C@@H]3C=Cc4ccc5cc6ccccc6c6c5c4[C@]3(CC6)C1)c1ccc(c(N=C(N)N)c1)C[C@@H](CO)COc1c(OC)c(OCC[C@@H](O)/C=C/c3ccccc3)c3c(=O)cc(-c4ccc(O)cc4)oc3c1CCc1cccc-2c1. The second-order valence-electron chi connectivity index (χ2n) is 26.2. The fourth-order valence-electron chi connectivity index (χ4n) is 16.5. The van der Waals surface area contributed by atoms with Crippen LogP contribution in [0.1, 0.15) is 82.8 Å². The van der Waals surface area contributed by atoms with Gasteiger partial charge in [-0.1, -0.05) is 134 Å². The number of nitrogens with two attached hydrogens (primary N) is 2. The van der Waals surface area contributed by atoms with Crippen LogP contribution in [-0.2, 0) is 42.9 Å². The predicted molar refractivity (Wildman–Crippen MR) is 371 cm³/mol. The highest BCUT2D eigenvalue weighted by atomic mass is 16.5. The number of aryl methyl sites for hydroxylation is 4. The third-order valence-corrected chi connectivity index (χ3v) is 20.8. The maximum Gasteiger partial charge on any atom is 0.204 e. The number of benzene rings is 8. The van der Waals surface area contributed by atoms with Gasteiger partial charge in [-0.25, -0.2) is 4.99 Å². The maximum atomic E-state index is 15.0. The molecule has 0 unspecified atom stereocenters. The quantitative estimate of drug-likeness (QED) is 0.0366. The van der Waals surface area contributed by atoms with Gasteiger partial charge in [-0.3, -0.25) is 4.79 Å². The van der Waals surface area contributed by atoms with Crippen LogP contribution in [-0.4, -0.2) is 85.0 Å². The Balaban J connectivity index is 0.898. The Morgan fingerprint density at radius 1 is 0.860 bits per heavy atom. The van der Waals surface area contributed by atoms with Gasteiger partial charge < -0.3 is 60.6 Å². The van der Waals surface area contributed by atoms with E-state index in [0.29, 0.717) is 41.8 Å². The number of H-pyrrole nitrogens is 1. The molecular formula is C79H78N6O8. The van der Waals surface area contributed by atoms with Gasteiger partial charge in [-0.05, 0) is 166 Å². The van der Waals surface area contributed by atoms with E-state index in [-0.39, 0.29) is 89.0 Å². The van der Waals surface area contributed by atoms with Crippen molar-refractivity contribution in [3.8, 4) is 45.4 Å². The number of aliphatic imine (C=N–C) groups is 1. The minimum absolute atomic E-state index is 0.00196. The predicted octanol–water partition coefficient (Wildman–Crippen LogP) is 13.2. The molecule has 0 radical (unpaired) electrons. The summed E-state index contributed by atoms with van der Waals surface area (Å²) in [6, 6.07) is 51.5. The Hall–Kier alpha value is -9.60. The number of aliphatic hydroxyl groups is 2. The van der Waals surface area contributed by atoms with Gasteiger partial charge in [0.2, 0.25) is 5.75 Å². The van der Waals surface area contributed by atoms with Gasteiger partial charge in [0.1, 0.15) is 28.3 Å². The number of hydrogen-bond acceptors (Lipinski definition) is 11. The summed E-state index contributed by atoms with van der Waals surface area (Å²) >= 11 is 0. The number of piperazine rings is 1. The van der Waals surface area contributed by atoms with E-state index in [9.17, 15) is 20.1 Å². The molecule has 1 saturated carbocycles. The van der Waals surface area contributed by atoms with Gasteiger partial charge in [-0.15, -0.1) is 0 Å². The average Bonchev–Trinajstić information content (AvgIpc) is 1.58. The van der Waals surface area contributed by atoms with Crippen LogP contribution in [0.3, 0.4) is 0 Å². The molecule has 93 heavy (non-hydrogen) atoms. The minimum atomic E-state index is -0.878. The first kappa shape index (κ1) is 59.7. The molecule has 9 N–H and O–H groups in total. The molecule has 3 aliphatic heterocycles. The molecular weight excluding hydrogens is 1160 g/mol. The molecule has 8 aromatic carbocycles. The highest BCUT2D eigenvalue weighted by Crippen LogP contribution is 2.65. The number of aromatic nitrogens is 1. The summed E-state index contributed by atoms with van der Waals surface area (Å²) in [5, 5.41) is 42.6. The summed E-state index contributed by atoms with van der Waals surface area (Å²) < 4.78 is 27.0. The molecule has 2 aromatic heterocycles. The van der Waals surface area contributed by atoms with E-state index >= 15 is 0 Å². The Morgan fingerprint density at radius 3 is 2.54 bits per heavy atom. The third-order valence-electron chi connectivity index (χ3n) is 20.8. The molecule has 6 aliphatic rings. The number of ether oxygens (including phenoxy) is 3. The fourth-order valence-corrected chi connectivity index (χ4v) is 16.5. The molecule has 5 heterocycles. The summed E-state index contributed by atoms with van der Waals surface area (Å²) in [5.74, 6) is 1.67. The summed E-state index contributed by atoms with van der Waals surface area (Å²) in [7, 11) is 1.52. The molecule has 16 rings (SSSR count). The number of allylic oxidation sites excluding steroid dienone is 1. The average molecular weight is 1240 g/mol. The van der Waals surface area contributed by atoms with Crippen molar-refractivity contribution >= 4 is 62.1 Å². The Bertz CT molecular complexity index is 4680. The van der Waals surface area contributed by atoms with Gasteiger partial charge in [0.25, 0.3) is 0 Å². The van der Waals surface area contributed by atoms with E-state index in [0.717, 1.165) is 91.1 Å². The maximum absolute atomic E-state index is 15.0. The van der Waals surface area contributed by atoms with Crippen LogP contribution in [0.15, 0.2) is 178 Å². The monoisotopic (exact) mass is 1240 g/mol. The van der Waals surface area contributed by atoms with Crippen molar-refractivity contribution < 1.29 is 33.9 Å². The van der Waals surface area contributed by atoms with Gasteiger partial charge in [-0.2, -0.15) is 0 Å². The number of hydrogen-bond donors (Lipinski definition) is 7. The number of methoxy groups -OCH3 is 1. The molecule has 14 heteroatoms. The van der Waals surface area contributed by atoms with Crippen LogP contribution < -0.4 is 41.3 Å². The third kappa shape index (κ3) is 10.7. The molecule has 4 bridgehead atoms. The zero-order chi connectivity index (χ0) is 63.5. The van der Waals surface area contributed by atoms with Crippen molar-refractivity contribution in [1.29, 1.82) is 0 Å². The zero-order valence-electron chi connectivity index (χ0n) is 52.6. The molecule has 472 valence electrons. The molecule has 6 atom stereocenters. The smallest absolute Gasteiger partial charge is 0.204 e. The van der Waals surface area contributed by atoms with Crippen molar-refractivity contribution in [3.63, 3.8) is 0 Å². The number of anilines is 1. The zero-order valence-corrected chi connectivity index (χ0v) is 52.6. The molecule has 0 amide bonds. The Labute approximate surface area is 540 Å². The lowest BCUT2D eigenvalue weighted by molar-refractivity contribution is 0.157. The first-order valence-corrected chi connectivity index (χ1v) is 32.9. The number of nitrogens with one attached hydrogen (secondary N) is 2. The molecule has 1 saturated heterocycles. The topological polar surface area (TPSA) is 214 Å². The van der Waals surface area contributed by atoms with Crippen LogP contribution in [0.4, 0.5) is 11.5 Å². The van der Waals surface area contributed by atoms with Crippen LogP contribution in [0, 0.1) is 11.8 Å². The fraction of sp³-hybridized carbons (Fsp3) is 0.291. The Morgan fingerprint density at radius 2 is 1.71 bits per heavy atom. The lowest BCUT2D eigenvalue weighted by Crippen LogP contribution is -2.61. The van der Waals surface area contributed by atoms with Crippen LogP contribution in [0.5, 0.6) is 23.0 Å².